The molecule has 3 N–H and O–H groups in total. The Bertz CT molecular complexity index is 258. The summed E-state index contributed by atoms with van der Waals surface area (Å²) >= 11 is 0. The van der Waals surface area contributed by atoms with E-state index in [-0.39, 0.29) is 6.54 Å². The van der Waals surface area contributed by atoms with Gasteiger partial charge in [0, 0.05) is 12.6 Å². The molecule has 92 valence electrons. The molecule has 1 heterocycles. The number of piperidine rings is 1. The molecular formula is C10H19N3O3. The van der Waals surface area contributed by atoms with E-state index in [9.17, 15) is 9.59 Å². The van der Waals surface area contributed by atoms with Gasteiger partial charge >= 0.3 is 12.0 Å². The van der Waals surface area contributed by atoms with Crippen molar-refractivity contribution >= 4 is 12.0 Å². The number of hydrogen-bond acceptors (Lipinski definition) is 3. The monoisotopic (exact) mass is 229 g/mol. The lowest BCUT2D eigenvalue weighted by Crippen LogP contribution is -2.47. The van der Waals surface area contributed by atoms with Gasteiger partial charge in [0.05, 0.1) is 0 Å². The fourth-order valence-corrected chi connectivity index (χ4v) is 1.83. The highest BCUT2D eigenvalue weighted by atomic mass is 16.4. The van der Waals surface area contributed by atoms with Gasteiger partial charge in [-0.2, -0.15) is 0 Å². The van der Waals surface area contributed by atoms with Crippen LogP contribution in [-0.2, 0) is 4.79 Å². The van der Waals surface area contributed by atoms with Gasteiger partial charge in [-0.15, -0.1) is 0 Å². The minimum Gasteiger partial charge on any atom is -0.480 e. The Morgan fingerprint density at radius 3 is 2.75 bits per heavy atom. The number of rotatable bonds is 4. The van der Waals surface area contributed by atoms with Crippen LogP contribution >= 0.6 is 0 Å². The molecule has 1 atom stereocenters. The van der Waals surface area contributed by atoms with E-state index in [4.69, 9.17) is 5.11 Å². The number of carboxylic acids is 1. The lowest BCUT2D eigenvalue weighted by Gasteiger charge is -2.32. The third-order valence-corrected chi connectivity index (χ3v) is 2.82. The van der Waals surface area contributed by atoms with E-state index in [0.29, 0.717) is 12.6 Å². The second-order valence-electron chi connectivity index (χ2n) is 4.09. The summed E-state index contributed by atoms with van der Waals surface area (Å²) in [6.45, 7) is 1.29. The highest BCUT2D eigenvalue weighted by molar-refractivity contribution is 5.79. The number of carboxylic acid groups (broad SMARTS) is 1. The Kier molecular flexibility index (Phi) is 5.04. The maximum absolute atomic E-state index is 11.2. The predicted octanol–water partition coefficient (Wildman–Crippen LogP) is -0.145. The topological polar surface area (TPSA) is 81.7 Å². The minimum absolute atomic E-state index is 0.341. The number of likely N-dealkylation sites (N-methyl/N-ethyl adjacent to an activating group) is 1. The van der Waals surface area contributed by atoms with Crippen molar-refractivity contribution in [3.8, 4) is 0 Å². The van der Waals surface area contributed by atoms with E-state index < -0.39 is 12.0 Å². The van der Waals surface area contributed by atoms with Crippen LogP contribution in [0.1, 0.15) is 19.3 Å². The Balaban J connectivity index is 2.17. The smallest absolute Gasteiger partial charge is 0.323 e. The van der Waals surface area contributed by atoms with E-state index in [1.54, 1.807) is 0 Å². The number of nitrogens with one attached hydrogen (secondary N) is 2. The van der Waals surface area contributed by atoms with Crippen LogP contribution in [0.5, 0.6) is 0 Å². The molecule has 1 saturated heterocycles. The molecule has 16 heavy (non-hydrogen) atoms. The summed E-state index contributed by atoms with van der Waals surface area (Å²) in [5, 5.41) is 13.3. The average molecular weight is 229 g/mol. The number of urea groups is 1. The summed E-state index contributed by atoms with van der Waals surface area (Å²) in [6.07, 6.45) is 3.47. The molecule has 1 rings (SSSR count). The molecule has 2 amide bonds. The van der Waals surface area contributed by atoms with Crippen LogP contribution in [0.15, 0.2) is 0 Å². The second kappa shape index (κ2) is 6.32. The van der Waals surface area contributed by atoms with Crippen molar-refractivity contribution in [3.63, 3.8) is 0 Å². The fraction of sp³-hybridized carbons (Fsp3) is 0.800. The van der Waals surface area contributed by atoms with Crippen LogP contribution in [-0.4, -0.2) is 54.7 Å². The number of likely N-dealkylation sites (tertiary alicyclic amines) is 1. The van der Waals surface area contributed by atoms with Crippen molar-refractivity contribution in [1.82, 2.24) is 15.5 Å². The SMILES string of the molecule is CN1CCCCC1CNC(=O)NCC(=O)O. The second-order valence-corrected chi connectivity index (χ2v) is 4.09. The number of carbonyl (C=O) groups is 2. The van der Waals surface area contributed by atoms with Gasteiger partial charge in [0.15, 0.2) is 0 Å². The van der Waals surface area contributed by atoms with Gasteiger partial charge in [0.25, 0.3) is 0 Å². The first-order valence-electron chi connectivity index (χ1n) is 5.53. The average Bonchev–Trinajstić information content (AvgIpc) is 2.25. The molecule has 0 radical (unpaired) electrons. The lowest BCUT2D eigenvalue weighted by molar-refractivity contribution is -0.135. The van der Waals surface area contributed by atoms with Crippen molar-refractivity contribution in [2.45, 2.75) is 25.3 Å². The molecule has 0 spiro atoms. The summed E-state index contributed by atoms with van der Waals surface area (Å²) in [6, 6.07) is -0.0503. The minimum atomic E-state index is -1.04. The Morgan fingerprint density at radius 2 is 2.12 bits per heavy atom. The van der Waals surface area contributed by atoms with Crippen molar-refractivity contribution in [1.29, 1.82) is 0 Å². The van der Waals surface area contributed by atoms with E-state index in [1.165, 1.54) is 12.8 Å². The zero-order valence-electron chi connectivity index (χ0n) is 9.53. The summed E-state index contributed by atoms with van der Waals surface area (Å²) < 4.78 is 0. The first kappa shape index (κ1) is 12.8. The van der Waals surface area contributed by atoms with Crippen molar-refractivity contribution in [2.24, 2.45) is 0 Å². The standard InChI is InChI=1S/C10H19N3O3/c1-13-5-3-2-4-8(13)6-11-10(16)12-7-9(14)15/h8H,2-7H2,1H3,(H,14,15)(H2,11,12,16). The lowest BCUT2D eigenvalue weighted by atomic mass is 10.0. The fourth-order valence-electron chi connectivity index (χ4n) is 1.83. The van der Waals surface area contributed by atoms with E-state index in [1.807, 2.05) is 7.05 Å². The van der Waals surface area contributed by atoms with Crippen LogP contribution in [0.2, 0.25) is 0 Å². The third-order valence-electron chi connectivity index (χ3n) is 2.82. The highest BCUT2D eigenvalue weighted by Crippen LogP contribution is 2.13. The maximum atomic E-state index is 11.2. The molecule has 1 fully saturated rings. The molecule has 0 aliphatic carbocycles. The predicted molar refractivity (Wildman–Crippen MR) is 59.3 cm³/mol. The molecule has 1 unspecified atom stereocenters. The molecule has 0 aromatic heterocycles. The summed E-state index contributed by atoms with van der Waals surface area (Å²) in [5.41, 5.74) is 0. The van der Waals surface area contributed by atoms with Gasteiger partial charge in [-0.3, -0.25) is 4.79 Å². The third kappa shape index (κ3) is 4.48. The van der Waals surface area contributed by atoms with Crippen molar-refractivity contribution < 1.29 is 14.7 Å². The molecular weight excluding hydrogens is 210 g/mol. The Hall–Kier alpha value is -1.30. The molecule has 0 bridgehead atoms. The maximum Gasteiger partial charge on any atom is 0.323 e. The Labute approximate surface area is 95.0 Å². The first-order valence-corrected chi connectivity index (χ1v) is 5.53. The highest BCUT2D eigenvalue weighted by Gasteiger charge is 2.19. The van der Waals surface area contributed by atoms with Gasteiger partial charge in [-0.05, 0) is 26.4 Å². The van der Waals surface area contributed by atoms with Gasteiger partial charge in [-0.25, -0.2) is 4.79 Å². The molecule has 1 aliphatic rings. The molecule has 0 aromatic carbocycles. The van der Waals surface area contributed by atoms with Gasteiger partial charge < -0.3 is 20.6 Å². The number of carbonyl (C=O) groups excluding carboxylic acids is 1. The molecule has 0 saturated carbocycles. The van der Waals surface area contributed by atoms with E-state index in [0.717, 1.165) is 13.0 Å². The number of aliphatic carboxylic acids is 1. The Morgan fingerprint density at radius 1 is 1.38 bits per heavy atom. The summed E-state index contributed by atoms with van der Waals surface area (Å²) in [5.74, 6) is -1.04. The normalized spacial score (nSPS) is 21.4. The zero-order valence-corrected chi connectivity index (χ0v) is 9.53. The van der Waals surface area contributed by atoms with Crippen LogP contribution < -0.4 is 10.6 Å². The van der Waals surface area contributed by atoms with Crippen LogP contribution in [0.25, 0.3) is 0 Å². The van der Waals surface area contributed by atoms with Crippen molar-refractivity contribution in [3.05, 3.63) is 0 Å². The van der Waals surface area contributed by atoms with E-state index >= 15 is 0 Å². The molecule has 1 aliphatic heterocycles. The number of amides is 2. The largest absolute Gasteiger partial charge is 0.480 e. The number of nitrogens with zero attached hydrogens (tertiary/aromatic N) is 1. The molecule has 6 heteroatoms. The van der Waals surface area contributed by atoms with Gasteiger partial charge in [0.1, 0.15) is 6.54 Å². The first-order chi connectivity index (χ1) is 7.59. The summed E-state index contributed by atoms with van der Waals surface area (Å²) in [4.78, 5) is 23.6. The summed E-state index contributed by atoms with van der Waals surface area (Å²) in [7, 11) is 2.04. The molecule has 6 nitrogen and oxygen atoms in total. The van der Waals surface area contributed by atoms with Crippen molar-refractivity contribution in [2.75, 3.05) is 26.7 Å². The van der Waals surface area contributed by atoms with E-state index in [2.05, 4.69) is 15.5 Å². The molecule has 0 aromatic rings. The zero-order chi connectivity index (χ0) is 12.0. The van der Waals surface area contributed by atoms with Gasteiger partial charge in [-0.1, -0.05) is 6.42 Å². The van der Waals surface area contributed by atoms with Crippen LogP contribution in [0, 0.1) is 0 Å². The quantitative estimate of drug-likeness (QED) is 0.626. The van der Waals surface area contributed by atoms with Crippen LogP contribution in [0.4, 0.5) is 4.79 Å². The van der Waals surface area contributed by atoms with Crippen LogP contribution in [0.3, 0.4) is 0 Å². The van der Waals surface area contributed by atoms with Gasteiger partial charge in [0.2, 0.25) is 0 Å². The number of hydrogen-bond donors (Lipinski definition) is 3.